The van der Waals surface area contributed by atoms with Gasteiger partial charge in [0.2, 0.25) is 0 Å². The van der Waals surface area contributed by atoms with Crippen molar-refractivity contribution in [2.24, 2.45) is 5.90 Å². The van der Waals surface area contributed by atoms with E-state index in [0.29, 0.717) is 18.6 Å². The number of hydrogen-bond donors (Lipinski definition) is 1. The van der Waals surface area contributed by atoms with Crippen LogP contribution in [0.15, 0.2) is 18.2 Å². The van der Waals surface area contributed by atoms with Crippen LogP contribution in [0.4, 0.5) is 5.69 Å². The number of benzene rings is 1. The molecule has 1 aliphatic heterocycles. The van der Waals surface area contributed by atoms with Crippen LogP contribution in [0.2, 0.25) is 0 Å². The normalized spacial score (nSPS) is 20.1. The molecule has 1 fully saturated rings. The third kappa shape index (κ3) is 3.10. The number of aryl methyl sites for hydroxylation is 1. The maximum absolute atomic E-state index is 5.31. The molecule has 3 heteroatoms. The lowest BCUT2D eigenvalue weighted by molar-refractivity contribution is 0.114. The topological polar surface area (TPSA) is 38.5 Å². The number of piperidine rings is 1. The van der Waals surface area contributed by atoms with E-state index in [1.54, 1.807) is 0 Å². The number of para-hydroxylation sites is 1. The monoisotopic (exact) mass is 262 g/mol. The van der Waals surface area contributed by atoms with Gasteiger partial charge < -0.3 is 9.74 Å². The molecule has 1 atom stereocenters. The highest BCUT2D eigenvalue weighted by molar-refractivity contribution is 5.61. The molecule has 0 aromatic heterocycles. The van der Waals surface area contributed by atoms with Crippen molar-refractivity contribution in [3.8, 4) is 0 Å². The second-order valence-corrected chi connectivity index (χ2v) is 5.84. The largest absolute Gasteiger partial charge is 0.366 e. The smallest absolute Gasteiger partial charge is 0.0882 e. The van der Waals surface area contributed by atoms with Crippen molar-refractivity contribution in [1.29, 1.82) is 0 Å². The third-order valence-electron chi connectivity index (χ3n) is 4.09. The average Bonchev–Trinajstić information content (AvgIpc) is 2.40. The van der Waals surface area contributed by atoms with Gasteiger partial charge in [-0.3, -0.25) is 0 Å². The zero-order valence-electron chi connectivity index (χ0n) is 12.4. The minimum absolute atomic E-state index is 0.414. The van der Waals surface area contributed by atoms with Crippen molar-refractivity contribution >= 4 is 5.69 Å². The van der Waals surface area contributed by atoms with Crippen LogP contribution in [-0.2, 0) is 4.84 Å². The van der Waals surface area contributed by atoms with Crippen molar-refractivity contribution < 1.29 is 4.84 Å². The van der Waals surface area contributed by atoms with E-state index in [1.807, 2.05) is 0 Å². The summed E-state index contributed by atoms with van der Waals surface area (Å²) >= 11 is 0. The highest BCUT2D eigenvalue weighted by Crippen LogP contribution is 2.34. The molecule has 0 spiro atoms. The number of anilines is 1. The Morgan fingerprint density at radius 3 is 2.84 bits per heavy atom. The summed E-state index contributed by atoms with van der Waals surface area (Å²) in [7, 11) is 0. The highest BCUT2D eigenvalue weighted by atomic mass is 16.6. The quantitative estimate of drug-likeness (QED) is 0.846. The zero-order valence-corrected chi connectivity index (χ0v) is 12.4. The van der Waals surface area contributed by atoms with E-state index in [9.17, 15) is 0 Å². The zero-order chi connectivity index (χ0) is 13.8. The highest BCUT2D eigenvalue weighted by Gasteiger charge is 2.26. The first-order chi connectivity index (χ1) is 9.15. The summed E-state index contributed by atoms with van der Waals surface area (Å²) in [5.74, 6) is 5.85. The number of rotatable bonds is 4. The molecule has 2 N–H and O–H groups in total. The molecule has 1 aromatic rings. The van der Waals surface area contributed by atoms with Crippen molar-refractivity contribution in [3.63, 3.8) is 0 Å². The average molecular weight is 262 g/mol. The van der Waals surface area contributed by atoms with Crippen molar-refractivity contribution in [2.75, 3.05) is 18.1 Å². The van der Waals surface area contributed by atoms with E-state index >= 15 is 0 Å². The molecule has 1 aromatic carbocycles. The number of nitrogens with zero attached hydrogens (tertiary/aromatic N) is 1. The van der Waals surface area contributed by atoms with E-state index < -0.39 is 0 Å². The molecular formula is C16H26N2O. The van der Waals surface area contributed by atoms with Gasteiger partial charge in [-0.15, -0.1) is 0 Å². The predicted octanol–water partition coefficient (Wildman–Crippen LogP) is 3.37. The minimum atomic E-state index is 0.414. The van der Waals surface area contributed by atoms with Gasteiger partial charge in [0.25, 0.3) is 0 Å². The fourth-order valence-corrected chi connectivity index (χ4v) is 3.12. The van der Waals surface area contributed by atoms with Gasteiger partial charge in [-0.05, 0) is 43.2 Å². The molecule has 2 rings (SSSR count). The SMILES string of the molecule is Cc1cccc(C(C)C)c1N1CCCCC1CON. The number of nitrogens with two attached hydrogens (primary N) is 1. The van der Waals surface area contributed by atoms with E-state index in [-0.39, 0.29) is 0 Å². The minimum Gasteiger partial charge on any atom is -0.366 e. The summed E-state index contributed by atoms with van der Waals surface area (Å²) in [6.45, 7) is 8.45. The molecule has 1 saturated heterocycles. The van der Waals surface area contributed by atoms with Gasteiger partial charge >= 0.3 is 0 Å². The molecule has 1 heterocycles. The van der Waals surface area contributed by atoms with E-state index in [4.69, 9.17) is 10.7 Å². The van der Waals surface area contributed by atoms with Crippen LogP contribution in [0.25, 0.3) is 0 Å². The Morgan fingerprint density at radius 2 is 2.16 bits per heavy atom. The second-order valence-electron chi connectivity index (χ2n) is 5.84. The van der Waals surface area contributed by atoms with Gasteiger partial charge in [0.15, 0.2) is 0 Å². The van der Waals surface area contributed by atoms with Crippen LogP contribution in [0, 0.1) is 6.92 Å². The Labute approximate surface area is 116 Å². The summed E-state index contributed by atoms with van der Waals surface area (Å²) in [6, 6.07) is 7.03. The molecule has 0 saturated carbocycles. The fourth-order valence-electron chi connectivity index (χ4n) is 3.12. The van der Waals surface area contributed by atoms with Gasteiger partial charge in [0.05, 0.1) is 12.6 Å². The summed E-state index contributed by atoms with van der Waals surface area (Å²) in [4.78, 5) is 7.45. The maximum Gasteiger partial charge on any atom is 0.0882 e. The lowest BCUT2D eigenvalue weighted by Crippen LogP contribution is -2.44. The summed E-state index contributed by atoms with van der Waals surface area (Å²) in [6.07, 6.45) is 3.70. The first kappa shape index (κ1) is 14.4. The number of hydrogen-bond acceptors (Lipinski definition) is 3. The van der Waals surface area contributed by atoms with Crippen LogP contribution in [-0.4, -0.2) is 19.2 Å². The van der Waals surface area contributed by atoms with Gasteiger partial charge in [-0.1, -0.05) is 32.0 Å². The van der Waals surface area contributed by atoms with Crippen molar-refractivity contribution in [2.45, 2.75) is 52.0 Å². The second kappa shape index (κ2) is 6.40. The van der Waals surface area contributed by atoms with Crippen LogP contribution in [0.5, 0.6) is 0 Å². The Balaban J connectivity index is 2.37. The molecule has 3 nitrogen and oxygen atoms in total. The molecule has 19 heavy (non-hydrogen) atoms. The standard InChI is InChI=1S/C16H26N2O/c1-12(2)15-9-6-7-13(3)16(15)18-10-5-4-8-14(18)11-19-17/h6-7,9,12,14H,4-5,8,10-11,17H2,1-3H3. The molecule has 0 bridgehead atoms. The third-order valence-corrected chi connectivity index (χ3v) is 4.09. The van der Waals surface area contributed by atoms with E-state index in [2.05, 4.69) is 43.9 Å². The molecule has 106 valence electrons. The Hall–Kier alpha value is -1.06. The molecule has 1 unspecified atom stereocenters. The molecule has 0 radical (unpaired) electrons. The van der Waals surface area contributed by atoms with Gasteiger partial charge in [-0.25, -0.2) is 5.90 Å². The van der Waals surface area contributed by atoms with E-state index in [1.165, 1.54) is 36.1 Å². The molecule has 0 aliphatic carbocycles. The van der Waals surface area contributed by atoms with Crippen molar-refractivity contribution in [3.05, 3.63) is 29.3 Å². The lowest BCUT2D eigenvalue weighted by atomic mass is 9.94. The van der Waals surface area contributed by atoms with E-state index in [0.717, 1.165) is 6.54 Å². The Bertz CT molecular complexity index is 415. The molecule has 1 aliphatic rings. The maximum atomic E-state index is 5.31. The summed E-state index contributed by atoms with van der Waals surface area (Å²) in [5, 5.41) is 0. The lowest BCUT2D eigenvalue weighted by Gasteiger charge is -2.39. The Kier molecular flexibility index (Phi) is 4.83. The molecule has 0 amide bonds. The molecular weight excluding hydrogens is 236 g/mol. The summed E-state index contributed by atoms with van der Waals surface area (Å²) < 4.78 is 0. The first-order valence-electron chi connectivity index (χ1n) is 7.33. The Morgan fingerprint density at radius 1 is 1.37 bits per heavy atom. The van der Waals surface area contributed by atoms with Crippen LogP contribution in [0.3, 0.4) is 0 Å². The van der Waals surface area contributed by atoms with Crippen LogP contribution in [0.1, 0.15) is 50.2 Å². The van der Waals surface area contributed by atoms with Gasteiger partial charge in [0, 0.05) is 12.2 Å². The predicted molar refractivity (Wildman–Crippen MR) is 80.4 cm³/mol. The van der Waals surface area contributed by atoms with Crippen LogP contribution < -0.4 is 10.8 Å². The van der Waals surface area contributed by atoms with Crippen molar-refractivity contribution in [1.82, 2.24) is 0 Å². The van der Waals surface area contributed by atoms with Gasteiger partial charge in [0.1, 0.15) is 0 Å². The fraction of sp³-hybridized carbons (Fsp3) is 0.625. The first-order valence-corrected chi connectivity index (χ1v) is 7.33. The van der Waals surface area contributed by atoms with Crippen LogP contribution >= 0.6 is 0 Å². The van der Waals surface area contributed by atoms with Gasteiger partial charge in [-0.2, -0.15) is 0 Å². The summed E-state index contributed by atoms with van der Waals surface area (Å²) in [5.41, 5.74) is 4.19.